The minimum atomic E-state index is -4.08. The number of hydrogen-bond donors (Lipinski definition) is 2. The molecule has 0 aliphatic carbocycles. The molecule has 1 unspecified atom stereocenters. The van der Waals surface area contributed by atoms with Gasteiger partial charge < -0.3 is 15.1 Å². The summed E-state index contributed by atoms with van der Waals surface area (Å²) in [7, 11) is -0.104. The Morgan fingerprint density at radius 2 is 1.55 bits per heavy atom. The Hall–Kier alpha value is -4.43. The fourth-order valence-electron chi connectivity index (χ4n) is 6.81. The Balaban J connectivity index is 1.06. The number of nitrogens with zero attached hydrogens (tertiary/aromatic N) is 4. The summed E-state index contributed by atoms with van der Waals surface area (Å²) in [6, 6.07) is 37.8. The van der Waals surface area contributed by atoms with Gasteiger partial charge in [-0.05, 0) is 105 Å². The van der Waals surface area contributed by atoms with Gasteiger partial charge in [0.1, 0.15) is 5.69 Å². The predicted octanol–water partition coefficient (Wildman–Crippen LogP) is 8.80. The van der Waals surface area contributed by atoms with Gasteiger partial charge in [0, 0.05) is 72.2 Å². The molecular formula is C43H49ClN6O4S2. The van der Waals surface area contributed by atoms with Gasteiger partial charge in [-0.15, -0.1) is 11.8 Å². The number of nitro groups is 1. The number of benzene rings is 5. The number of rotatable bonds is 17. The average molecular weight is 813 g/mol. The van der Waals surface area contributed by atoms with Crippen LogP contribution in [-0.2, 0) is 16.6 Å². The molecule has 0 aromatic heterocycles. The molecule has 2 N–H and O–H groups in total. The van der Waals surface area contributed by atoms with E-state index in [0.717, 1.165) is 78.5 Å². The molecule has 13 heteroatoms. The number of thioether (sulfide) groups is 1. The van der Waals surface area contributed by atoms with Crippen molar-refractivity contribution in [2.24, 2.45) is 0 Å². The number of nitrogens with one attached hydrogen (secondary N) is 2. The van der Waals surface area contributed by atoms with E-state index in [4.69, 9.17) is 11.6 Å². The molecule has 2 atom stereocenters. The standard InChI is InChI=1S/C43H49ClN6O4S2/c1-32(33-15-19-38(20-16-33)49-27-25-48(26-28-49)30-35-9-7-8-12-41(35)34-13-17-36(44)18-14-34)46-56(53,54)40-21-22-42(43(29-40)50(51)52)45-37(23-24-47(2)3)31-55-39-10-5-4-6-11-39/h4-22,29,32,37,45-46H,23-28,30-31H2,1-3H3/t32?,37-/m1/s1. The summed E-state index contributed by atoms with van der Waals surface area (Å²) >= 11 is 7.80. The zero-order valence-electron chi connectivity index (χ0n) is 32.0. The summed E-state index contributed by atoms with van der Waals surface area (Å²) in [5.74, 6) is 0.685. The maximum atomic E-state index is 13.6. The van der Waals surface area contributed by atoms with Gasteiger partial charge in [0.25, 0.3) is 5.69 Å². The van der Waals surface area contributed by atoms with Crippen molar-refractivity contribution < 1.29 is 13.3 Å². The molecular weight excluding hydrogens is 764 g/mol. The summed E-state index contributed by atoms with van der Waals surface area (Å²) in [5.41, 5.74) is 5.53. The van der Waals surface area contributed by atoms with Crippen LogP contribution >= 0.6 is 23.4 Å². The van der Waals surface area contributed by atoms with Crippen LogP contribution in [0.1, 0.15) is 30.5 Å². The first-order valence-corrected chi connectivity index (χ1v) is 21.6. The molecule has 0 amide bonds. The number of anilines is 2. The molecule has 1 aliphatic heterocycles. The van der Waals surface area contributed by atoms with E-state index < -0.39 is 21.0 Å². The van der Waals surface area contributed by atoms with Crippen molar-refractivity contribution in [1.82, 2.24) is 14.5 Å². The van der Waals surface area contributed by atoms with Gasteiger partial charge in [0.05, 0.1) is 9.82 Å². The lowest BCUT2D eigenvalue weighted by Crippen LogP contribution is -2.46. The third kappa shape index (κ3) is 11.1. The summed E-state index contributed by atoms with van der Waals surface area (Å²) < 4.78 is 29.9. The summed E-state index contributed by atoms with van der Waals surface area (Å²) in [5, 5.41) is 16.3. The minimum Gasteiger partial charge on any atom is -0.376 e. The predicted molar refractivity (Wildman–Crippen MR) is 230 cm³/mol. The number of piperazine rings is 1. The highest BCUT2D eigenvalue weighted by Crippen LogP contribution is 2.32. The monoisotopic (exact) mass is 812 g/mol. The van der Waals surface area contributed by atoms with Crippen molar-refractivity contribution in [3.63, 3.8) is 0 Å². The number of halogens is 1. The van der Waals surface area contributed by atoms with Gasteiger partial charge in [-0.25, -0.2) is 13.1 Å². The van der Waals surface area contributed by atoms with E-state index >= 15 is 0 Å². The van der Waals surface area contributed by atoms with Gasteiger partial charge in [-0.2, -0.15) is 0 Å². The third-order valence-corrected chi connectivity index (χ3v) is 12.9. The smallest absolute Gasteiger partial charge is 0.293 e. The molecule has 0 spiro atoms. The van der Waals surface area contributed by atoms with E-state index in [2.05, 4.69) is 61.1 Å². The Morgan fingerprint density at radius 1 is 0.875 bits per heavy atom. The van der Waals surface area contributed by atoms with Crippen LogP contribution in [0.3, 0.4) is 0 Å². The largest absolute Gasteiger partial charge is 0.376 e. The summed E-state index contributed by atoms with van der Waals surface area (Å²) in [6.07, 6.45) is 0.749. The highest BCUT2D eigenvalue weighted by atomic mass is 35.5. The molecule has 1 fully saturated rings. The molecule has 0 bridgehead atoms. The SMILES string of the molecule is CC(NS(=O)(=O)c1ccc(N[C@H](CCN(C)C)CSc2ccccc2)c([N+](=O)[O-])c1)c1ccc(N2CCN(Cc3ccccc3-c3ccc(Cl)cc3)CC2)cc1. The van der Waals surface area contributed by atoms with Crippen molar-refractivity contribution in [2.45, 2.75) is 41.8 Å². The van der Waals surface area contributed by atoms with Crippen LogP contribution in [0.5, 0.6) is 0 Å². The van der Waals surface area contributed by atoms with Crippen molar-refractivity contribution in [3.8, 4) is 11.1 Å². The summed E-state index contributed by atoms with van der Waals surface area (Å²) in [6.45, 7) is 6.99. The number of hydrogen-bond acceptors (Lipinski definition) is 9. The summed E-state index contributed by atoms with van der Waals surface area (Å²) in [4.78, 5) is 19.5. The Bertz CT molecular complexity index is 2170. The second-order valence-electron chi connectivity index (χ2n) is 14.4. The first-order chi connectivity index (χ1) is 26.9. The lowest BCUT2D eigenvalue weighted by atomic mass is 9.99. The quantitative estimate of drug-likeness (QED) is 0.0541. The Kier molecular flexibility index (Phi) is 14.1. The normalized spacial score (nSPS) is 14.8. The second kappa shape index (κ2) is 19.1. The Morgan fingerprint density at radius 3 is 2.23 bits per heavy atom. The Labute approximate surface area is 340 Å². The van der Waals surface area contributed by atoms with Crippen LogP contribution in [-0.4, -0.2) is 81.8 Å². The molecule has 6 rings (SSSR count). The van der Waals surface area contributed by atoms with E-state index in [1.165, 1.54) is 23.3 Å². The molecule has 5 aromatic rings. The first kappa shape index (κ1) is 41.2. The molecule has 0 saturated carbocycles. The molecule has 10 nitrogen and oxygen atoms in total. The van der Waals surface area contributed by atoms with Crippen LogP contribution in [0.15, 0.2) is 131 Å². The molecule has 0 radical (unpaired) electrons. The molecule has 56 heavy (non-hydrogen) atoms. The van der Waals surface area contributed by atoms with E-state index in [-0.39, 0.29) is 16.6 Å². The van der Waals surface area contributed by atoms with Gasteiger partial charge in [0.2, 0.25) is 10.0 Å². The molecule has 1 saturated heterocycles. The van der Waals surface area contributed by atoms with Gasteiger partial charge >= 0.3 is 0 Å². The van der Waals surface area contributed by atoms with Crippen molar-refractivity contribution in [3.05, 3.63) is 148 Å². The van der Waals surface area contributed by atoms with Crippen LogP contribution in [0.25, 0.3) is 11.1 Å². The van der Waals surface area contributed by atoms with Crippen LogP contribution in [0.4, 0.5) is 17.1 Å². The third-order valence-electron chi connectivity index (χ3n) is 9.98. The van der Waals surface area contributed by atoms with Crippen LogP contribution < -0.4 is 14.9 Å². The number of sulfonamides is 1. The van der Waals surface area contributed by atoms with Gasteiger partial charge in [-0.3, -0.25) is 15.0 Å². The molecule has 294 valence electrons. The fourth-order valence-corrected chi connectivity index (χ4v) is 9.18. The van der Waals surface area contributed by atoms with Crippen LogP contribution in [0.2, 0.25) is 5.02 Å². The van der Waals surface area contributed by atoms with Crippen molar-refractivity contribution in [1.29, 1.82) is 0 Å². The van der Waals surface area contributed by atoms with Crippen LogP contribution in [0, 0.1) is 10.1 Å². The molecule has 5 aromatic carbocycles. The van der Waals surface area contributed by atoms with Gasteiger partial charge in [-0.1, -0.05) is 78.3 Å². The minimum absolute atomic E-state index is 0.0861. The number of nitro benzene ring substituents is 1. The lowest BCUT2D eigenvalue weighted by Gasteiger charge is -2.36. The maximum absolute atomic E-state index is 13.6. The highest BCUT2D eigenvalue weighted by Gasteiger charge is 2.25. The topological polar surface area (TPSA) is 111 Å². The van der Waals surface area contributed by atoms with Crippen molar-refractivity contribution >= 4 is 50.4 Å². The van der Waals surface area contributed by atoms with E-state index in [9.17, 15) is 18.5 Å². The average Bonchev–Trinajstić information content (AvgIpc) is 3.20. The first-order valence-electron chi connectivity index (χ1n) is 18.8. The zero-order valence-corrected chi connectivity index (χ0v) is 34.4. The zero-order chi connectivity index (χ0) is 39.7. The molecule has 1 aliphatic rings. The van der Waals surface area contributed by atoms with E-state index in [1.54, 1.807) is 18.7 Å². The maximum Gasteiger partial charge on any atom is 0.293 e. The lowest BCUT2D eigenvalue weighted by molar-refractivity contribution is -0.384. The fraction of sp³-hybridized carbons (Fsp3) is 0.302. The molecule has 1 heterocycles. The van der Waals surface area contributed by atoms with E-state index in [1.807, 2.05) is 80.8 Å². The van der Waals surface area contributed by atoms with Gasteiger partial charge in [0.15, 0.2) is 0 Å². The van der Waals surface area contributed by atoms with E-state index in [0.29, 0.717) is 11.4 Å². The highest BCUT2D eigenvalue weighted by molar-refractivity contribution is 7.99. The van der Waals surface area contributed by atoms with Crippen molar-refractivity contribution in [2.75, 3.05) is 62.8 Å². The second-order valence-corrected chi connectivity index (χ2v) is 17.6.